The summed E-state index contributed by atoms with van der Waals surface area (Å²) in [6.45, 7) is 16.6. The minimum absolute atomic E-state index is 0.00698. The fraction of sp³-hybridized carbons (Fsp3) is 0.792. The number of aliphatic carboxylic acids is 2. The Morgan fingerprint density at radius 2 is 1.07 bits per heavy atom. The van der Waals surface area contributed by atoms with Crippen LogP contribution in [0.3, 0.4) is 0 Å². The number of carbonyl (C=O) groups excluding carboxylic acids is 8. The number of nitrogens with one attached hydrogen (secondary N) is 7. The summed E-state index contributed by atoms with van der Waals surface area (Å²) in [7, 11) is 0. The maximum Gasteiger partial charge on any atom is 0.326 e. The van der Waals surface area contributed by atoms with Gasteiger partial charge in [-0.1, -0.05) is 61.8 Å². The number of unbranched alkanes of at least 4 members (excludes halogenated alkanes) is 2. The van der Waals surface area contributed by atoms with Crippen molar-refractivity contribution in [2.24, 2.45) is 40.9 Å². The average molecular weight is 1010 g/mol. The number of carbonyl (C=O) groups is 10. The SMILES string of the molecule is CC[C@H](C)[C@H](N)C(=O)N[C@@H](CC(C)C)C(=O)N[C@H](C(=O)N[C@@H](C)C(=O)N[C@@H](CCCCN)C(=O)N1CCC[C@H]1C(=O)N[C@@H](CCC(=O)O)C(=O)N[C@@H](CC(C)C)C(=O)N[C@@H](CCCCN)C(=O)O)C(C)C. The van der Waals surface area contributed by atoms with Gasteiger partial charge < -0.3 is 69.5 Å². The molecule has 406 valence electrons. The zero-order valence-corrected chi connectivity index (χ0v) is 43.5. The van der Waals surface area contributed by atoms with Crippen molar-refractivity contribution in [1.29, 1.82) is 0 Å². The molecule has 0 aromatic rings. The van der Waals surface area contributed by atoms with Crippen molar-refractivity contribution >= 4 is 59.2 Å². The van der Waals surface area contributed by atoms with Gasteiger partial charge in [-0.2, -0.15) is 0 Å². The molecule has 10 atom stereocenters. The molecule has 0 bridgehead atoms. The molecule has 1 aliphatic rings. The van der Waals surface area contributed by atoms with Crippen LogP contribution in [0.4, 0.5) is 0 Å². The first-order valence-corrected chi connectivity index (χ1v) is 25.3. The molecule has 0 aromatic heterocycles. The lowest BCUT2D eigenvalue weighted by Gasteiger charge is -2.31. The molecule has 0 spiro atoms. The predicted molar refractivity (Wildman–Crippen MR) is 265 cm³/mol. The molecule has 8 amide bonds. The summed E-state index contributed by atoms with van der Waals surface area (Å²) < 4.78 is 0. The smallest absolute Gasteiger partial charge is 0.326 e. The van der Waals surface area contributed by atoms with Crippen LogP contribution in [0, 0.1) is 23.7 Å². The van der Waals surface area contributed by atoms with Gasteiger partial charge in [0.05, 0.1) is 6.04 Å². The molecule has 0 aromatic carbocycles. The van der Waals surface area contributed by atoms with Crippen molar-refractivity contribution in [3.8, 4) is 0 Å². The molecule has 23 nitrogen and oxygen atoms in total. The zero-order chi connectivity index (χ0) is 54.1. The van der Waals surface area contributed by atoms with Crippen LogP contribution in [0.1, 0.15) is 146 Å². The highest BCUT2D eigenvalue weighted by molar-refractivity contribution is 5.98. The highest BCUT2D eigenvalue weighted by atomic mass is 16.4. The van der Waals surface area contributed by atoms with E-state index in [9.17, 15) is 58.2 Å². The molecule has 1 fully saturated rings. The largest absolute Gasteiger partial charge is 0.481 e. The van der Waals surface area contributed by atoms with Crippen LogP contribution >= 0.6 is 0 Å². The summed E-state index contributed by atoms with van der Waals surface area (Å²) >= 11 is 0. The standard InChI is InChI=1S/C48H87N11O12/c1-10-29(8)38(51)45(67)57-35(25-27(4)5)43(65)58-39(28(6)7)46(68)52-30(9)40(62)54-32(16-11-13-21-49)47(69)59-23-15-18-36(59)44(66)53-31(19-20-37(60)61)41(63)56-34(24-26(2)3)42(64)55-33(48(70)71)17-12-14-22-50/h26-36,38-39H,10-25,49-51H2,1-9H3,(H,52,68)(H,53,66)(H,54,62)(H,55,64)(H,56,63)(H,57,67)(H,58,65)(H,60,61)(H,70,71)/t29-,30-,31-,32-,33-,34-,35-,36-,38-,39-/m0/s1. The third-order valence-electron chi connectivity index (χ3n) is 12.5. The number of carboxylic acid groups (broad SMARTS) is 2. The Morgan fingerprint density at radius 3 is 1.56 bits per heavy atom. The van der Waals surface area contributed by atoms with Gasteiger partial charge in [-0.05, 0) is 114 Å². The van der Waals surface area contributed by atoms with Gasteiger partial charge in [0.2, 0.25) is 47.3 Å². The van der Waals surface area contributed by atoms with E-state index in [2.05, 4.69) is 37.2 Å². The molecule has 15 N–H and O–H groups in total. The molecule has 0 saturated carbocycles. The van der Waals surface area contributed by atoms with Crippen LogP contribution in [-0.4, -0.2) is 148 Å². The summed E-state index contributed by atoms with van der Waals surface area (Å²) in [4.78, 5) is 135. The van der Waals surface area contributed by atoms with E-state index in [1.54, 1.807) is 27.7 Å². The number of likely N-dealkylation sites (tertiary alicyclic amines) is 1. The molecule has 0 unspecified atom stereocenters. The molecule has 1 saturated heterocycles. The van der Waals surface area contributed by atoms with Gasteiger partial charge in [-0.3, -0.25) is 43.2 Å². The van der Waals surface area contributed by atoms with Crippen LogP contribution in [0.2, 0.25) is 0 Å². The molecule has 23 heteroatoms. The Bertz CT molecular complexity index is 1780. The predicted octanol–water partition coefficient (Wildman–Crippen LogP) is -0.280. The molecular formula is C48H87N11O12. The summed E-state index contributed by atoms with van der Waals surface area (Å²) in [6.07, 6.45) is 2.67. The first kappa shape index (κ1) is 63.6. The second-order valence-corrected chi connectivity index (χ2v) is 20.0. The van der Waals surface area contributed by atoms with Crippen molar-refractivity contribution in [2.45, 2.75) is 200 Å². The Morgan fingerprint density at radius 1 is 0.577 bits per heavy atom. The van der Waals surface area contributed by atoms with E-state index in [4.69, 9.17) is 17.2 Å². The fourth-order valence-electron chi connectivity index (χ4n) is 7.99. The highest BCUT2D eigenvalue weighted by Gasteiger charge is 2.40. The Balaban J connectivity index is 3.30. The van der Waals surface area contributed by atoms with Crippen molar-refractivity contribution in [1.82, 2.24) is 42.1 Å². The quantitative estimate of drug-likeness (QED) is 0.0369. The maximum absolute atomic E-state index is 14.3. The van der Waals surface area contributed by atoms with E-state index in [1.807, 2.05) is 27.7 Å². The topological polar surface area (TPSA) is 377 Å². The fourth-order valence-corrected chi connectivity index (χ4v) is 7.99. The minimum Gasteiger partial charge on any atom is -0.481 e. The summed E-state index contributed by atoms with van der Waals surface area (Å²) in [5, 5.41) is 37.7. The van der Waals surface area contributed by atoms with Gasteiger partial charge in [0.1, 0.15) is 48.3 Å². The average Bonchev–Trinajstić information content (AvgIpc) is 3.80. The van der Waals surface area contributed by atoms with Crippen molar-refractivity contribution in [3.63, 3.8) is 0 Å². The number of carboxylic acids is 2. The van der Waals surface area contributed by atoms with Gasteiger partial charge in [0.15, 0.2) is 0 Å². The minimum atomic E-state index is -1.48. The van der Waals surface area contributed by atoms with Crippen LogP contribution in [-0.2, 0) is 47.9 Å². The molecule has 1 heterocycles. The lowest BCUT2D eigenvalue weighted by atomic mass is 9.97. The Hall–Kier alpha value is -5.42. The van der Waals surface area contributed by atoms with Crippen LogP contribution < -0.4 is 54.4 Å². The third kappa shape index (κ3) is 22.7. The van der Waals surface area contributed by atoms with Crippen molar-refractivity contribution in [3.05, 3.63) is 0 Å². The molecular weight excluding hydrogens is 923 g/mol. The lowest BCUT2D eigenvalue weighted by molar-refractivity contribution is -0.143. The van der Waals surface area contributed by atoms with E-state index in [0.717, 1.165) is 0 Å². The normalized spacial score (nSPS) is 17.4. The van der Waals surface area contributed by atoms with Gasteiger partial charge in [-0.15, -0.1) is 0 Å². The Labute approximate surface area is 419 Å². The molecule has 1 rings (SSSR count). The lowest BCUT2D eigenvalue weighted by Crippen LogP contribution is -2.60. The zero-order valence-electron chi connectivity index (χ0n) is 43.5. The molecule has 0 radical (unpaired) electrons. The van der Waals surface area contributed by atoms with E-state index >= 15 is 0 Å². The van der Waals surface area contributed by atoms with E-state index in [0.29, 0.717) is 51.6 Å². The van der Waals surface area contributed by atoms with Crippen LogP contribution in [0.5, 0.6) is 0 Å². The maximum atomic E-state index is 14.3. The van der Waals surface area contributed by atoms with E-state index in [1.165, 1.54) is 11.8 Å². The first-order valence-electron chi connectivity index (χ1n) is 25.3. The van der Waals surface area contributed by atoms with Crippen molar-refractivity contribution in [2.75, 3.05) is 19.6 Å². The highest BCUT2D eigenvalue weighted by Crippen LogP contribution is 2.21. The summed E-state index contributed by atoms with van der Waals surface area (Å²) in [5.74, 6) is -8.89. The van der Waals surface area contributed by atoms with Crippen LogP contribution in [0.15, 0.2) is 0 Å². The third-order valence-corrected chi connectivity index (χ3v) is 12.5. The first-order chi connectivity index (χ1) is 33.3. The van der Waals surface area contributed by atoms with Crippen molar-refractivity contribution < 1.29 is 58.2 Å². The van der Waals surface area contributed by atoms with E-state index in [-0.39, 0.29) is 62.8 Å². The van der Waals surface area contributed by atoms with Gasteiger partial charge in [0, 0.05) is 13.0 Å². The monoisotopic (exact) mass is 1010 g/mol. The van der Waals surface area contributed by atoms with Gasteiger partial charge in [-0.25, -0.2) is 4.79 Å². The second kappa shape index (κ2) is 32.5. The number of nitrogens with zero attached hydrogens (tertiary/aromatic N) is 1. The van der Waals surface area contributed by atoms with Gasteiger partial charge in [0.25, 0.3) is 0 Å². The molecule has 1 aliphatic heterocycles. The molecule has 71 heavy (non-hydrogen) atoms. The Kier molecular flexibility index (Phi) is 29.1. The number of hydrogen-bond donors (Lipinski definition) is 12. The summed E-state index contributed by atoms with van der Waals surface area (Å²) in [5.41, 5.74) is 17.4. The number of nitrogens with two attached hydrogens (primary N) is 3. The number of rotatable bonds is 34. The number of amides is 8. The van der Waals surface area contributed by atoms with Crippen LogP contribution in [0.25, 0.3) is 0 Å². The summed E-state index contributed by atoms with van der Waals surface area (Å²) in [6, 6.07) is -10.5. The second-order valence-electron chi connectivity index (χ2n) is 20.0. The van der Waals surface area contributed by atoms with E-state index < -0.39 is 126 Å². The van der Waals surface area contributed by atoms with Gasteiger partial charge >= 0.3 is 11.9 Å². The molecule has 0 aliphatic carbocycles. The number of hydrogen-bond acceptors (Lipinski definition) is 13.